The molecule has 0 saturated heterocycles. The third-order valence-electron chi connectivity index (χ3n) is 3.68. The number of aromatic nitrogens is 1. The number of pyridine rings is 1. The van der Waals surface area contributed by atoms with Crippen LogP contribution >= 0.6 is 24.8 Å². The molecule has 0 saturated carbocycles. The Kier molecular flexibility index (Phi) is 7.13. The molecule has 2 heterocycles. The van der Waals surface area contributed by atoms with Gasteiger partial charge in [-0.25, -0.2) is 0 Å². The van der Waals surface area contributed by atoms with Gasteiger partial charge in [0.05, 0.1) is 6.54 Å². The number of fused-ring (bicyclic) bond motifs is 1. The normalized spacial score (nSPS) is 12.4. The summed E-state index contributed by atoms with van der Waals surface area (Å²) in [5.41, 5.74) is 9.83. The van der Waals surface area contributed by atoms with Crippen LogP contribution in [0.4, 0.5) is 17.1 Å². The van der Waals surface area contributed by atoms with Gasteiger partial charge in [-0.1, -0.05) is 6.07 Å². The van der Waals surface area contributed by atoms with Gasteiger partial charge in [0.2, 0.25) is 5.91 Å². The van der Waals surface area contributed by atoms with Crippen LogP contribution in [0.15, 0.2) is 42.7 Å². The van der Waals surface area contributed by atoms with E-state index in [1.165, 1.54) is 0 Å². The number of rotatable bonds is 3. The molecule has 3 rings (SSSR count). The van der Waals surface area contributed by atoms with Gasteiger partial charge in [-0.05, 0) is 42.7 Å². The largest absolute Gasteiger partial charge is 0.398 e. The van der Waals surface area contributed by atoms with Gasteiger partial charge in [0.1, 0.15) is 0 Å². The smallest absolute Gasteiger partial charge is 0.243 e. The van der Waals surface area contributed by atoms with E-state index < -0.39 is 0 Å². The van der Waals surface area contributed by atoms with E-state index in [1.807, 2.05) is 18.2 Å². The van der Waals surface area contributed by atoms with Crippen molar-refractivity contribution in [3.05, 3.63) is 48.3 Å². The Bertz CT molecular complexity index is 652. The van der Waals surface area contributed by atoms with Crippen LogP contribution in [0.5, 0.6) is 0 Å². The Morgan fingerprint density at radius 1 is 1.22 bits per heavy atom. The van der Waals surface area contributed by atoms with E-state index in [-0.39, 0.29) is 30.7 Å². The Morgan fingerprint density at radius 3 is 2.70 bits per heavy atom. The van der Waals surface area contributed by atoms with Gasteiger partial charge in [-0.15, -0.1) is 24.8 Å². The number of benzene rings is 1. The van der Waals surface area contributed by atoms with E-state index in [9.17, 15) is 4.79 Å². The fourth-order valence-electron chi connectivity index (χ4n) is 2.70. The molecular weight excluding hydrogens is 335 g/mol. The van der Waals surface area contributed by atoms with Gasteiger partial charge in [-0.3, -0.25) is 9.78 Å². The molecule has 0 unspecified atom stereocenters. The van der Waals surface area contributed by atoms with E-state index in [2.05, 4.69) is 15.2 Å². The fourth-order valence-corrected chi connectivity index (χ4v) is 2.70. The number of amides is 1. The molecule has 5 nitrogen and oxygen atoms in total. The van der Waals surface area contributed by atoms with Crippen LogP contribution in [0.25, 0.3) is 0 Å². The van der Waals surface area contributed by atoms with E-state index in [1.54, 1.807) is 24.5 Å². The predicted octanol–water partition coefficient (Wildman–Crippen LogP) is 2.90. The van der Waals surface area contributed by atoms with Crippen LogP contribution in [0.2, 0.25) is 0 Å². The van der Waals surface area contributed by atoms with Gasteiger partial charge in [-0.2, -0.15) is 0 Å². The molecule has 0 bridgehead atoms. The number of anilines is 3. The second-order valence-electron chi connectivity index (χ2n) is 5.15. The summed E-state index contributed by atoms with van der Waals surface area (Å²) in [5, 5.41) is 2.88. The Morgan fingerprint density at radius 2 is 1.96 bits per heavy atom. The van der Waals surface area contributed by atoms with Crippen molar-refractivity contribution < 1.29 is 4.79 Å². The van der Waals surface area contributed by atoms with Gasteiger partial charge >= 0.3 is 0 Å². The van der Waals surface area contributed by atoms with E-state index in [0.29, 0.717) is 6.54 Å². The lowest BCUT2D eigenvalue weighted by molar-refractivity contribution is -0.115. The zero-order valence-corrected chi connectivity index (χ0v) is 14.2. The lowest BCUT2D eigenvalue weighted by Gasteiger charge is -2.31. The van der Waals surface area contributed by atoms with Crippen molar-refractivity contribution >= 4 is 47.8 Å². The summed E-state index contributed by atoms with van der Waals surface area (Å²) in [5.74, 6) is -0.0310. The third kappa shape index (κ3) is 4.50. The third-order valence-corrected chi connectivity index (χ3v) is 3.68. The number of hydrogen-bond donors (Lipinski definition) is 2. The first-order valence-electron chi connectivity index (χ1n) is 7.06. The van der Waals surface area contributed by atoms with Gasteiger partial charge in [0.15, 0.2) is 0 Å². The quantitative estimate of drug-likeness (QED) is 0.831. The summed E-state index contributed by atoms with van der Waals surface area (Å²) in [6.45, 7) is 1.21. The monoisotopic (exact) mass is 354 g/mol. The summed E-state index contributed by atoms with van der Waals surface area (Å²) in [4.78, 5) is 18.2. The first kappa shape index (κ1) is 19.1. The van der Waals surface area contributed by atoms with Gasteiger partial charge in [0.25, 0.3) is 0 Å². The number of nitrogens with one attached hydrogen (secondary N) is 1. The minimum atomic E-state index is -0.0310. The molecule has 0 aliphatic carbocycles. The van der Waals surface area contributed by atoms with Crippen molar-refractivity contribution in [2.45, 2.75) is 12.8 Å². The Hall–Kier alpha value is -1.98. The lowest BCUT2D eigenvalue weighted by atomic mass is 10.00. The van der Waals surface area contributed by atoms with E-state index in [0.717, 1.165) is 42.0 Å². The lowest BCUT2D eigenvalue weighted by Crippen LogP contribution is -2.37. The van der Waals surface area contributed by atoms with Crippen LogP contribution in [0.1, 0.15) is 12.0 Å². The number of nitrogen functional groups attached to an aromatic ring is 1. The first-order valence-corrected chi connectivity index (χ1v) is 7.06. The molecule has 1 aromatic heterocycles. The molecule has 124 valence electrons. The fraction of sp³-hybridized carbons (Fsp3) is 0.250. The molecule has 0 atom stereocenters. The highest BCUT2D eigenvalue weighted by Gasteiger charge is 2.20. The molecular formula is C16H20Cl2N4O. The van der Waals surface area contributed by atoms with Crippen LogP contribution in [-0.2, 0) is 11.2 Å². The van der Waals surface area contributed by atoms with Crippen molar-refractivity contribution in [2.24, 2.45) is 0 Å². The zero-order valence-electron chi connectivity index (χ0n) is 12.6. The summed E-state index contributed by atoms with van der Waals surface area (Å²) >= 11 is 0. The molecule has 23 heavy (non-hydrogen) atoms. The molecule has 0 spiro atoms. The van der Waals surface area contributed by atoms with E-state index in [4.69, 9.17) is 5.73 Å². The average Bonchev–Trinajstić information content (AvgIpc) is 2.49. The standard InChI is InChI=1S/C16H18N4O.2ClH/c17-14-4-1-5-15-13(14)3-2-10-20(15)11-16(21)19-12-6-8-18-9-7-12;;/h1,4-9H,2-3,10-11,17H2,(H,18,19,21);2*1H. The zero-order chi connectivity index (χ0) is 14.7. The van der Waals surface area contributed by atoms with Gasteiger partial charge < -0.3 is 16.0 Å². The number of carbonyl (C=O) groups excluding carboxylic acids is 1. The average molecular weight is 355 g/mol. The number of halogens is 2. The second kappa shape index (κ2) is 8.60. The molecule has 3 N–H and O–H groups in total. The summed E-state index contributed by atoms with van der Waals surface area (Å²) in [6.07, 6.45) is 5.31. The SMILES string of the molecule is Cl.Cl.Nc1cccc2c1CCCN2CC(=O)Nc1ccncc1. The number of nitrogens with two attached hydrogens (primary N) is 1. The molecule has 7 heteroatoms. The minimum absolute atomic E-state index is 0. The minimum Gasteiger partial charge on any atom is -0.398 e. The number of hydrogen-bond acceptors (Lipinski definition) is 4. The molecule has 0 radical (unpaired) electrons. The maximum absolute atomic E-state index is 12.2. The van der Waals surface area contributed by atoms with Crippen molar-refractivity contribution in [3.8, 4) is 0 Å². The van der Waals surface area contributed by atoms with Crippen molar-refractivity contribution in [1.82, 2.24) is 4.98 Å². The summed E-state index contributed by atoms with van der Waals surface area (Å²) in [7, 11) is 0. The predicted molar refractivity (Wildman–Crippen MR) is 98.8 cm³/mol. The maximum Gasteiger partial charge on any atom is 0.243 e. The van der Waals surface area contributed by atoms with E-state index >= 15 is 0 Å². The summed E-state index contributed by atoms with van der Waals surface area (Å²) in [6, 6.07) is 9.44. The number of carbonyl (C=O) groups is 1. The summed E-state index contributed by atoms with van der Waals surface area (Å²) < 4.78 is 0. The molecule has 1 aliphatic rings. The number of nitrogens with zero attached hydrogens (tertiary/aromatic N) is 2. The highest BCUT2D eigenvalue weighted by atomic mass is 35.5. The highest BCUT2D eigenvalue weighted by Crippen LogP contribution is 2.30. The van der Waals surface area contributed by atoms with Crippen LogP contribution in [-0.4, -0.2) is 24.0 Å². The van der Waals surface area contributed by atoms with Crippen molar-refractivity contribution in [3.63, 3.8) is 0 Å². The highest BCUT2D eigenvalue weighted by molar-refractivity contribution is 5.94. The van der Waals surface area contributed by atoms with Crippen molar-refractivity contribution in [2.75, 3.05) is 29.0 Å². The molecule has 1 aromatic carbocycles. The topological polar surface area (TPSA) is 71.2 Å². The molecule has 0 fully saturated rings. The molecule has 1 amide bonds. The van der Waals surface area contributed by atoms with Crippen molar-refractivity contribution in [1.29, 1.82) is 0 Å². The molecule has 2 aromatic rings. The molecule has 1 aliphatic heterocycles. The first-order chi connectivity index (χ1) is 10.2. The van der Waals surface area contributed by atoms with Crippen LogP contribution in [0.3, 0.4) is 0 Å². The Labute approximate surface area is 148 Å². The Balaban J connectivity index is 0.00000132. The van der Waals surface area contributed by atoms with Crippen LogP contribution in [0, 0.1) is 0 Å². The maximum atomic E-state index is 12.2. The van der Waals surface area contributed by atoms with Gasteiger partial charge in [0, 0.05) is 36.0 Å². The van der Waals surface area contributed by atoms with Crippen LogP contribution < -0.4 is 16.0 Å². The second-order valence-corrected chi connectivity index (χ2v) is 5.15.